The summed E-state index contributed by atoms with van der Waals surface area (Å²) in [4.78, 5) is 13.1. The zero-order valence-electron chi connectivity index (χ0n) is 15.5. The van der Waals surface area contributed by atoms with Gasteiger partial charge in [0.2, 0.25) is 15.9 Å². The van der Waals surface area contributed by atoms with Crippen LogP contribution in [0.25, 0.3) is 5.65 Å². The van der Waals surface area contributed by atoms with Crippen molar-refractivity contribution in [1.82, 2.24) is 24.2 Å². The zero-order valence-corrected chi connectivity index (χ0v) is 17.9. The molecule has 3 heterocycles. The van der Waals surface area contributed by atoms with Crippen LogP contribution in [0.15, 0.2) is 58.0 Å². The summed E-state index contributed by atoms with van der Waals surface area (Å²) in [6, 6.07) is 11.3. The van der Waals surface area contributed by atoms with Crippen molar-refractivity contribution in [3.05, 3.63) is 59.0 Å². The Kier molecular flexibility index (Phi) is 5.66. The summed E-state index contributed by atoms with van der Waals surface area (Å²) < 4.78 is 30.2. The van der Waals surface area contributed by atoms with Crippen molar-refractivity contribution in [2.24, 2.45) is 0 Å². The van der Waals surface area contributed by atoms with Crippen LogP contribution in [0.1, 0.15) is 25.1 Å². The zero-order chi connectivity index (χ0) is 20.4. The highest BCUT2D eigenvalue weighted by Gasteiger charge is 2.37. The number of amides is 1. The lowest BCUT2D eigenvalue weighted by atomic mass is 10.0. The van der Waals surface area contributed by atoms with Gasteiger partial charge in [0.15, 0.2) is 11.5 Å². The van der Waals surface area contributed by atoms with Gasteiger partial charge in [-0.25, -0.2) is 8.42 Å². The molecule has 0 spiro atoms. The Balaban J connectivity index is 1.52. The number of nitrogens with one attached hydrogen (secondary N) is 1. The predicted molar refractivity (Wildman–Crippen MR) is 111 cm³/mol. The smallest absolute Gasteiger partial charge is 0.243 e. The molecule has 1 fully saturated rings. The quantitative estimate of drug-likeness (QED) is 0.608. The predicted octanol–water partition coefficient (Wildman–Crippen LogP) is 2.35. The molecular formula is C19H20BrN5O3S. The molecule has 2 aromatic heterocycles. The Labute approximate surface area is 177 Å². The molecule has 1 saturated heterocycles. The van der Waals surface area contributed by atoms with Crippen molar-refractivity contribution in [1.29, 1.82) is 0 Å². The maximum Gasteiger partial charge on any atom is 0.243 e. The second kappa shape index (κ2) is 8.21. The van der Waals surface area contributed by atoms with Gasteiger partial charge in [-0.1, -0.05) is 28.4 Å². The average molecular weight is 478 g/mol. The first-order valence-corrected chi connectivity index (χ1v) is 11.5. The molecule has 10 heteroatoms. The molecule has 1 amide bonds. The molecule has 1 atom stereocenters. The Morgan fingerprint density at radius 3 is 2.72 bits per heavy atom. The summed E-state index contributed by atoms with van der Waals surface area (Å²) in [5.41, 5.74) is 0.689. The molecular weight excluding hydrogens is 458 g/mol. The Morgan fingerprint density at radius 1 is 1.14 bits per heavy atom. The second-order valence-electron chi connectivity index (χ2n) is 6.84. The van der Waals surface area contributed by atoms with E-state index in [1.165, 1.54) is 4.31 Å². The lowest BCUT2D eigenvalue weighted by molar-refractivity contribution is -0.125. The molecule has 152 valence electrons. The minimum absolute atomic E-state index is 0.173. The summed E-state index contributed by atoms with van der Waals surface area (Å²) in [7, 11) is -3.76. The number of pyridine rings is 1. The molecule has 0 aliphatic carbocycles. The van der Waals surface area contributed by atoms with Crippen LogP contribution in [-0.4, -0.2) is 45.8 Å². The van der Waals surface area contributed by atoms with Crippen molar-refractivity contribution in [2.45, 2.75) is 36.7 Å². The van der Waals surface area contributed by atoms with Crippen LogP contribution in [0.3, 0.4) is 0 Å². The van der Waals surface area contributed by atoms with Gasteiger partial charge < -0.3 is 5.32 Å². The third kappa shape index (κ3) is 4.05. The average Bonchev–Trinajstić information content (AvgIpc) is 3.15. The van der Waals surface area contributed by atoms with Gasteiger partial charge in [0.1, 0.15) is 6.04 Å². The fraction of sp³-hybridized carbons (Fsp3) is 0.316. The number of carbonyl (C=O) groups excluding carboxylic acids is 1. The van der Waals surface area contributed by atoms with Crippen molar-refractivity contribution < 1.29 is 13.2 Å². The van der Waals surface area contributed by atoms with Crippen LogP contribution in [0, 0.1) is 0 Å². The van der Waals surface area contributed by atoms with Crippen LogP contribution in [-0.2, 0) is 21.4 Å². The molecule has 1 aliphatic heterocycles. The van der Waals surface area contributed by atoms with Crippen molar-refractivity contribution >= 4 is 37.5 Å². The lowest BCUT2D eigenvalue weighted by Crippen LogP contribution is -2.51. The van der Waals surface area contributed by atoms with E-state index in [-0.39, 0.29) is 17.3 Å². The number of halogens is 1. The second-order valence-corrected chi connectivity index (χ2v) is 9.65. The molecule has 3 aromatic rings. The first kappa shape index (κ1) is 20.0. The minimum atomic E-state index is -3.76. The molecule has 1 unspecified atom stereocenters. The topological polar surface area (TPSA) is 96.7 Å². The Hall–Kier alpha value is -2.30. The molecule has 0 saturated carbocycles. The molecule has 1 N–H and O–H groups in total. The first-order valence-electron chi connectivity index (χ1n) is 9.30. The Bertz CT molecular complexity index is 1130. The highest BCUT2D eigenvalue weighted by atomic mass is 79.9. The first-order chi connectivity index (χ1) is 14.0. The lowest BCUT2D eigenvalue weighted by Gasteiger charge is -2.33. The van der Waals surface area contributed by atoms with E-state index in [9.17, 15) is 13.2 Å². The van der Waals surface area contributed by atoms with E-state index in [2.05, 4.69) is 31.4 Å². The number of carbonyl (C=O) groups is 1. The highest BCUT2D eigenvalue weighted by Crippen LogP contribution is 2.26. The van der Waals surface area contributed by atoms with E-state index in [1.807, 2.05) is 24.4 Å². The van der Waals surface area contributed by atoms with Gasteiger partial charge in [-0.3, -0.25) is 9.20 Å². The summed E-state index contributed by atoms with van der Waals surface area (Å²) in [5.74, 6) is 0.269. The fourth-order valence-corrected chi connectivity index (χ4v) is 5.41. The van der Waals surface area contributed by atoms with Crippen LogP contribution >= 0.6 is 15.9 Å². The van der Waals surface area contributed by atoms with E-state index < -0.39 is 16.1 Å². The number of fused-ring (bicyclic) bond motifs is 1. The molecule has 0 radical (unpaired) electrons. The van der Waals surface area contributed by atoms with E-state index in [0.29, 0.717) is 24.4 Å². The van der Waals surface area contributed by atoms with Crippen LogP contribution in [0.5, 0.6) is 0 Å². The number of nitrogens with zero attached hydrogens (tertiary/aromatic N) is 4. The number of benzene rings is 1. The molecule has 4 rings (SSSR count). The SMILES string of the molecule is O=C(NCc1nnc2ccccn12)C1CCCCN1S(=O)(=O)c1ccc(Br)cc1. The van der Waals surface area contributed by atoms with Crippen molar-refractivity contribution in [3.8, 4) is 0 Å². The number of aromatic nitrogens is 3. The van der Waals surface area contributed by atoms with Gasteiger partial charge in [0.05, 0.1) is 11.4 Å². The number of piperidine rings is 1. The van der Waals surface area contributed by atoms with Crippen LogP contribution < -0.4 is 5.32 Å². The molecule has 1 aromatic carbocycles. The van der Waals surface area contributed by atoms with Gasteiger partial charge in [-0.05, 0) is 49.2 Å². The van der Waals surface area contributed by atoms with Crippen molar-refractivity contribution in [3.63, 3.8) is 0 Å². The van der Waals surface area contributed by atoms with E-state index in [0.717, 1.165) is 17.3 Å². The van der Waals surface area contributed by atoms with Gasteiger partial charge in [0, 0.05) is 17.2 Å². The monoisotopic (exact) mass is 477 g/mol. The normalized spacial score (nSPS) is 18.0. The summed E-state index contributed by atoms with van der Waals surface area (Å²) >= 11 is 3.31. The highest BCUT2D eigenvalue weighted by molar-refractivity contribution is 9.10. The summed E-state index contributed by atoms with van der Waals surface area (Å²) in [6.45, 7) is 0.497. The standard InChI is InChI=1S/C19H20BrN5O3S/c20-14-7-9-15(10-8-14)29(27,28)25-12-4-1-5-16(25)19(26)21-13-18-23-22-17-6-2-3-11-24(17)18/h2-3,6-11,16H,1,4-5,12-13H2,(H,21,26). The van der Waals surface area contributed by atoms with Crippen LogP contribution in [0.4, 0.5) is 0 Å². The maximum absolute atomic E-state index is 13.1. The van der Waals surface area contributed by atoms with Gasteiger partial charge in [-0.15, -0.1) is 10.2 Å². The van der Waals surface area contributed by atoms with Gasteiger partial charge in [-0.2, -0.15) is 4.31 Å². The molecule has 29 heavy (non-hydrogen) atoms. The van der Waals surface area contributed by atoms with E-state index in [4.69, 9.17) is 0 Å². The van der Waals surface area contributed by atoms with Crippen molar-refractivity contribution in [2.75, 3.05) is 6.54 Å². The minimum Gasteiger partial charge on any atom is -0.347 e. The third-order valence-corrected chi connectivity index (χ3v) is 7.43. The Morgan fingerprint density at radius 2 is 1.93 bits per heavy atom. The largest absolute Gasteiger partial charge is 0.347 e. The summed E-state index contributed by atoms with van der Waals surface area (Å²) in [5, 5.41) is 11.0. The van der Waals surface area contributed by atoms with Crippen LogP contribution in [0.2, 0.25) is 0 Å². The fourth-order valence-electron chi connectivity index (χ4n) is 3.49. The molecule has 0 bridgehead atoms. The molecule has 1 aliphatic rings. The number of sulfonamides is 1. The van der Waals surface area contributed by atoms with Gasteiger partial charge >= 0.3 is 0 Å². The molecule has 8 nitrogen and oxygen atoms in total. The maximum atomic E-state index is 13.1. The van der Waals surface area contributed by atoms with E-state index >= 15 is 0 Å². The van der Waals surface area contributed by atoms with E-state index in [1.54, 1.807) is 28.7 Å². The number of hydrogen-bond acceptors (Lipinski definition) is 5. The van der Waals surface area contributed by atoms with Gasteiger partial charge in [0.25, 0.3) is 0 Å². The number of hydrogen-bond donors (Lipinski definition) is 1. The third-order valence-electron chi connectivity index (χ3n) is 4.98. The number of rotatable bonds is 5. The summed E-state index contributed by atoms with van der Waals surface area (Å²) in [6.07, 6.45) is 3.84.